The van der Waals surface area contributed by atoms with E-state index in [9.17, 15) is 14.7 Å². The fourth-order valence-electron chi connectivity index (χ4n) is 2.05. The van der Waals surface area contributed by atoms with Gasteiger partial charge in [0.25, 0.3) is 0 Å². The first-order valence-corrected chi connectivity index (χ1v) is 6.26. The van der Waals surface area contributed by atoms with Gasteiger partial charge in [-0.1, -0.05) is 18.2 Å². The Balaban J connectivity index is 2.09. The van der Waals surface area contributed by atoms with Gasteiger partial charge in [0.15, 0.2) is 18.5 Å². The van der Waals surface area contributed by atoms with Crippen molar-refractivity contribution in [1.29, 1.82) is 0 Å². The van der Waals surface area contributed by atoms with Crippen molar-refractivity contribution in [3.05, 3.63) is 35.9 Å². The Morgan fingerprint density at radius 3 is 2.40 bits per heavy atom. The second kappa shape index (κ2) is 6.02. The number of rotatable bonds is 3. The summed E-state index contributed by atoms with van der Waals surface area (Å²) in [5, 5.41) is 9.67. The highest BCUT2D eigenvalue weighted by Gasteiger charge is 2.46. The second-order valence-corrected chi connectivity index (χ2v) is 4.54. The molecular formula is C14H16O6. The van der Waals surface area contributed by atoms with Crippen molar-refractivity contribution >= 4 is 11.9 Å². The first kappa shape index (κ1) is 14.5. The number of esters is 2. The maximum atomic E-state index is 12.0. The number of aliphatic hydroxyl groups excluding tert-OH is 1. The summed E-state index contributed by atoms with van der Waals surface area (Å²) in [4.78, 5) is 23.0. The summed E-state index contributed by atoms with van der Waals surface area (Å²) in [6, 6.07) is 8.43. The molecule has 1 fully saturated rings. The lowest BCUT2D eigenvalue weighted by molar-refractivity contribution is -0.169. The summed E-state index contributed by atoms with van der Waals surface area (Å²) < 4.78 is 15.4. The number of carbonyl (C=O) groups excluding carboxylic acids is 2. The summed E-state index contributed by atoms with van der Waals surface area (Å²) in [6.07, 6.45) is -3.73. The van der Waals surface area contributed by atoms with Crippen LogP contribution in [0.3, 0.4) is 0 Å². The van der Waals surface area contributed by atoms with Crippen LogP contribution >= 0.6 is 0 Å². The lowest BCUT2D eigenvalue weighted by Gasteiger charge is -2.21. The highest BCUT2D eigenvalue weighted by atomic mass is 16.7. The van der Waals surface area contributed by atoms with E-state index in [-0.39, 0.29) is 0 Å². The van der Waals surface area contributed by atoms with Crippen molar-refractivity contribution in [3.63, 3.8) is 0 Å². The quantitative estimate of drug-likeness (QED) is 0.828. The molecule has 0 spiro atoms. The smallest absolute Gasteiger partial charge is 0.338 e. The molecular weight excluding hydrogens is 264 g/mol. The first-order valence-electron chi connectivity index (χ1n) is 6.26. The van der Waals surface area contributed by atoms with Crippen LogP contribution in [0.2, 0.25) is 0 Å². The molecule has 108 valence electrons. The summed E-state index contributed by atoms with van der Waals surface area (Å²) in [7, 11) is 0. The van der Waals surface area contributed by atoms with E-state index in [1.165, 1.54) is 6.92 Å². The summed E-state index contributed by atoms with van der Waals surface area (Å²) in [6.45, 7) is 2.85. The SMILES string of the molecule is CC(=O)O[C@H]1[C@@H](OC(=O)c2ccccc2)[C@H](C)O[C@H]1O. The van der Waals surface area contributed by atoms with Crippen LogP contribution in [0.15, 0.2) is 30.3 Å². The van der Waals surface area contributed by atoms with Crippen LogP contribution in [0.25, 0.3) is 0 Å². The molecule has 0 radical (unpaired) electrons. The molecule has 1 N–H and O–H groups in total. The third-order valence-corrected chi connectivity index (χ3v) is 2.98. The van der Waals surface area contributed by atoms with Crippen molar-refractivity contribution in [2.45, 2.75) is 38.4 Å². The predicted octanol–water partition coefficient (Wildman–Crippen LogP) is 0.881. The molecule has 2 rings (SSSR count). The highest BCUT2D eigenvalue weighted by Crippen LogP contribution is 2.26. The first-order chi connectivity index (χ1) is 9.49. The molecule has 1 saturated heterocycles. The van der Waals surface area contributed by atoms with Crippen LogP contribution in [0, 0.1) is 0 Å². The van der Waals surface area contributed by atoms with Gasteiger partial charge in [0.2, 0.25) is 0 Å². The minimum Gasteiger partial charge on any atom is -0.453 e. The molecule has 6 nitrogen and oxygen atoms in total. The summed E-state index contributed by atoms with van der Waals surface area (Å²) in [5.74, 6) is -1.13. The van der Waals surface area contributed by atoms with Crippen molar-refractivity contribution < 1.29 is 28.9 Å². The second-order valence-electron chi connectivity index (χ2n) is 4.54. The molecule has 0 amide bonds. The molecule has 1 aliphatic rings. The van der Waals surface area contributed by atoms with Crippen molar-refractivity contribution in [1.82, 2.24) is 0 Å². The third-order valence-electron chi connectivity index (χ3n) is 2.98. The molecule has 0 bridgehead atoms. The van der Waals surface area contributed by atoms with E-state index < -0.39 is 36.5 Å². The molecule has 1 aromatic carbocycles. The third kappa shape index (κ3) is 3.15. The standard InChI is InChI=1S/C14H16O6/c1-8-11(12(14(17)18-8)19-9(2)15)20-13(16)10-6-4-3-5-7-10/h3-8,11-12,14,17H,1-2H3/t8-,11-,12-,14+/m0/s1. The molecule has 1 heterocycles. The maximum absolute atomic E-state index is 12.0. The molecule has 0 aromatic heterocycles. The average molecular weight is 280 g/mol. The van der Waals surface area contributed by atoms with Gasteiger partial charge in [-0.15, -0.1) is 0 Å². The Morgan fingerprint density at radius 1 is 1.15 bits per heavy atom. The number of benzene rings is 1. The van der Waals surface area contributed by atoms with Crippen molar-refractivity contribution in [3.8, 4) is 0 Å². The van der Waals surface area contributed by atoms with Gasteiger partial charge < -0.3 is 19.3 Å². The Bertz CT molecular complexity index is 486. The molecule has 1 aliphatic heterocycles. The van der Waals surface area contributed by atoms with Gasteiger partial charge in [-0.05, 0) is 19.1 Å². The van der Waals surface area contributed by atoms with Crippen LogP contribution in [0.5, 0.6) is 0 Å². The van der Waals surface area contributed by atoms with E-state index in [2.05, 4.69) is 0 Å². The van der Waals surface area contributed by atoms with Gasteiger partial charge in [-0.3, -0.25) is 4.79 Å². The van der Waals surface area contributed by atoms with E-state index in [4.69, 9.17) is 14.2 Å². The summed E-state index contributed by atoms with van der Waals surface area (Å²) >= 11 is 0. The molecule has 20 heavy (non-hydrogen) atoms. The van der Waals surface area contributed by atoms with E-state index in [1.807, 2.05) is 0 Å². The van der Waals surface area contributed by atoms with Crippen LogP contribution in [0.4, 0.5) is 0 Å². The lowest BCUT2D eigenvalue weighted by Crippen LogP contribution is -2.39. The Hall–Kier alpha value is -1.92. The Labute approximate surface area is 116 Å². The zero-order valence-corrected chi connectivity index (χ0v) is 11.2. The van der Waals surface area contributed by atoms with E-state index >= 15 is 0 Å². The van der Waals surface area contributed by atoms with Gasteiger partial charge in [-0.25, -0.2) is 4.79 Å². The fourth-order valence-corrected chi connectivity index (χ4v) is 2.05. The number of hydrogen-bond acceptors (Lipinski definition) is 6. The van der Waals surface area contributed by atoms with Gasteiger partial charge in [-0.2, -0.15) is 0 Å². The van der Waals surface area contributed by atoms with E-state index in [0.29, 0.717) is 5.56 Å². The average Bonchev–Trinajstić information content (AvgIpc) is 2.66. The largest absolute Gasteiger partial charge is 0.453 e. The monoisotopic (exact) mass is 280 g/mol. The molecule has 1 aromatic rings. The predicted molar refractivity (Wildman–Crippen MR) is 67.8 cm³/mol. The number of ether oxygens (including phenoxy) is 3. The Kier molecular flexibility index (Phi) is 4.36. The van der Waals surface area contributed by atoms with Crippen LogP contribution in [0.1, 0.15) is 24.2 Å². The van der Waals surface area contributed by atoms with Crippen LogP contribution in [-0.2, 0) is 19.0 Å². The van der Waals surface area contributed by atoms with Crippen molar-refractivity contribution in [2.75, 3.05) is 0 Å². The van der Waals surface area contributed by atoms with Gasteiger partial charge in [0.1, 0.15) is 0 Å². The zero-order chi connectivity index (χ0) is 14.7. The zero-order valence-electron chi connectivity index (χ0n) is 11.2. The lowest BCUT2D eigenvalue weighted by atomic mass is 10.1. The normalized spacial score (nSPS) is 28.9. The molecule has 6 heteroatoms. The van der Waals surface area contributed by atoms with Crippen LogP contribution < -0.4 is 0 Å². The topological polar surface area (TPSA) is 82.1 Å². The minimum atomic E-state index is -1.30. The van der Waals surface area contributed by atoms with Crippen molar-refractivity contribution in [2.24, 2.45) is 0 Å². The minimum absolute atomic E-state index is 0.377. The Morgan fingerprint density at radius 2 is 1.80 bits per heavy atom. The van der Waals surface area contributed by atoms with Gasteiger partial charge in [0, 0.05) is 6.92 Å². The maximum Gasteiger partial charge on any atom is 0.338 e. The van der Waals surface area contributed by atoms with E-state index in [1.54, 1.807) is 37.3 Å². The fraction of sp³-hybridized carbons (Fsp3) is 0.429. The molecule has 0 saturated carbocycles. The molecule has 0 unspecified atom stereocenters. The highest BCUT2D eigenvalue weighted by molar-refractivity contribution is 5.89. The number of hydrogen-bond donors (Lipinski definition) is 1. The van der Waals surface area contributed by atoms with Crippen LogP contribution in [-0.4, -0.2) is 41.6 Å². The molecule has 0 aliphatic carbocycles. The van der Waals surface area contributed by atoms with Gasteiger partial charge in [0.05, 0.1) is 11.7 Å². The molecule has 4 atom stereocenters. The summed E-state index contributed by atoms with van der Waals surface area (Å²) in [5.41, 5.74) is 0.377. The van der Waals surface area contributed by atoms with Gasteiger partial charge >= 0.3 is 11.9 Å². The number of carbonyl (C=O) groups is 2. The van der Waals surface area contributed by atoms with E-state index in [0.717, 1.165) is 0 Å². The number of aliphatic hydroxyl groups is 1.